The molecule has 27 heavy (non-hydrogen) atoms. The fourth-order valence-electron chi connectivity index (χ4n) is 3.13. The number of carboxylic acids is 1. The van der Waals surface area contributed by atoms with Gasteiger partial charge in [-0.15, -0.1) is 0 Å². The van der Waals surface area contributed by atoms with Gasteiger partial charge in [0.05, 0.1) is 6.61 Å². The summed E-state index contributed by atoms with van der Waals surface area (Å²) in [5.74, 6) is -0.587. The van der Waals surface area contributed by atoms with Crippen LogP contribution < -0.4 is 0 Å². The minimum absolute atomic E-state index is 0. The Morgan fingerprint density at radius 1 is 1.11 bits per heavy atom. The third-order valence-corrected chi connectivity index (χ3v) is 4.28. The van der Waals surface area contributed by atoms with Gasteiger partial charge in [0, 0.05) is 43.7 Å². The van der Waals surface area contributed by atoms with Crippen LogP contribution in [0.2, 0.25) is 0 Å². The Labute approximate surface area is 189 Å². The molecule has 0 bridgehead atoms. The van der Waals surface area contributed by atoms with Crippen molar-refractivity contribution < 1.29 is 57.2 Å². The molecule has 1 aliphatic rings. The van der Waals surface area contributed by atoms with Gasteiger partial charge in [-0.05, 0) is 34.2 Å². The van der Waals surface area contributed by atoms with Crippen molar-refractivity contribution in [3.8, 4) is 11.1 Å². The van der Waals surface area contributed by atoms with Crippen LogP contribution in [0.1, 0.15) is 37.3 Å². The van der Waals surface area contributed by atoms with Crippen molar-refractivity contribution in [3.63, 3.8) is 0 Å². The van der Waals surface area contributed by atoms with E-state index < -0.39 is 12.0 Å². The zero-order valence-electron chi connectivity index (χ0n) is 15.2. The molecule has 0 saturated heterocycles. The molecule has 3 rings (SSSR count). The van der Waals surface area contributed by atoms with E-state index in [0.717, 1.165) is 0 Å². The number of aliphatic carboxylic acids is 1. The van der Waals surface area contributed by atoms with Crippen LogP contribution in [-0.4, -0.2) is 30.2 Å². The molecule has 0 fully saturated rings. The maximum Gasteiger partial charge on any atom is 0.285 e. The molecule has 0 heterocycles. The Bertz CT molecular complexity index is 718. The van der Waals surface area contributed by atoms with Crippen LogP contribution in [0.25, 0.3) is 16.9 Å². The molecular weight excluding hydrogens is 495 g/mol. The van der Waals surface area contributed by atoms with E-state index in [1.807, 2.05) is 38.1 Å². The summed E-state index contributed by atoms with van der Waals surface area (Å²) in [6, 6.07) is 15.6. The minimum Gasteiger partial charge on any atom is -0.665 e. The Balaban J connectivity index is 0.000000316. The summed E-state index contributed by atoms with van der Waals surface area (Å²) in [5, 5.41) is 8.24. The van der Waals surface area contributed by atoms with Crippen molar-refractivity contribution in [1.29, 1.82) is 0 Å². The molecule has 2 aromatic rings. The largest absolute Gasteiger partial charge is 0.665 e. The second kappa shape index (κ2) is 11.4. The van der Waals surface area contributed by atoms with E-state index in [1.165, 1.54) is 28.7 Å². The van der Waals surface area contributed by atoms with Crippen molar-refractivity contribution in [3.05, 3.63) is 65.4 Å². The number of carbonyl (C=O) groups excluding carboxylic acids is 1. The first-order valence-corrected chi connectivity index (χ1v) is 8.56. The number of hydrogen-bond donors (Lipinski definition) is 1. The average Bonchev–Trinajstić information content (AvgIpc) is 2.94. The molecule has 0 saturated carbocycles. The number of ether oxygens (including phenoxy) is 1. The van der Waals surface area contributed by atoms with Gasteiger partial charge in [-0.3, -0.25) is 4.79 Å². The Kier molecular flexibility index (Phi) is 10.0. The first kappa shape index (κ1) is 23.6. The van der Waals surface area contributed by atoms with Crippen LogP contribution in [0.5, 0.6) is 0 Å². The number of fused-ring (bicyclic) bond motifs is 3. The molecule has 0 aliphatic heterocycles. The van der Waals surface area contributed by atoms with E-state index in [0.29, 0.717) is 18.9 Å². The predicted molar refractivity (Wildman–Crippen MR) is 101 cm³/mol. The van der Waals surface area contributed by atoms with Crippen LogP contribution in [0, 0.1) is 43.7 Å². The molecule has 0 spiro atoms. The summed E-state index contributed by atoms with van der Waals surface area (Å²) < 4.78 is 4.83. The molecule has 0 unspecified atom stereocenters. The third-order valence-electron chi connectivity index (χ3n) is 4.28. The van der Waals surface area contributed by atoms with E-state index in [9.17, 15) is 9.59 Å². The molecule has 6 heteroatoms. The molecule has 1 aliphatic carbocycles. The number of benzene rings is 2. The van der Waals surface area contributed by atoms with Crippen LogP contribution in [-0.2, 0) is 14.3 Å². The molecule has 5 nitrogen and oxygen atoms in total. The smallest absolute Gasteiger partial charge is 0.285 e. The molecule has 2 N–H and O–H groups in total. The van der Waals surface area contributed by atoms with E-state index in [-0.39, 0.29) is 43.7 Å². The van der Waals surface area contributed by atoms with Crippen molar-refractivity contribution in [2.24, 2.45) is 5.92 Å². The summed E-state index contributed by atoms with van der Waals surface area (Å²) in [4.78, 5) is 20.3. The molecule has 1 atom stereocenters. The zero-order valence-corrected chi connectivity index (χ0v) is 17.2. The van der Waals surface area contributed by atoms with Gasteiger partial charge in [0.2, 0.25) is 0 Å². The van der Waals surface area contributed by atoms with Gasteiger partial charge >= 0.3 is 0 Å². The normalized spacial score (nSPS) is 12.7. The van der Waals surface area contributed by atoms with E-state index in [2.05, 4.69) is 24.3 Å². The van der Waals surface area contributed by atoms with E-state index in [1.54, 1.807) is 0 Å². The average molecular weight is 518 g/mol. The van der Waals surface area contributed by atoms with Crippen molar-refractivity contribution in [2.45, 2.75) is 32.2 Å². The summed E-state index contributed by atoms with van der Waals surface area (Å²) in [6.07, 6.45) is 0.440. The van der Waals surface area contributed by atoms with Gasteiger partial charge in [-0.25, -0.2) is 0 Å². The maximum absolute atomic E-state index is 10.2. The summed E-state index contributed by atoms with van der Waals surface area (Å²) in [6.45, 7) is 5.68. The Hall–Kier alpha value is -1.40. The number of hydrogen-bond acceptors (Lipinski definition) is 3. The molecular formula is C21H23HoNO4-2. The zero-order chi connectivity index (χ0) is 19.1. The van der Waals surface area contributed by atoms with Crippen LogP contribution >= 0.6 is 0 Å². The monoisotopic (exact) mass is 518 g/mol. The summed E-state index contributed by atoms with van der Waals surface area (Å²) in [7, 11) is 0. The van der Waals surface area contributed by atoms with Gasteiger partial charge in [-0.2, -0.15) is 0 Å². The van der Waals surface area contributed by atoms with Crippen LogP contribution in [0.15, 0.2) is 48.5 Å². The van der Waals surface area contributed by atoms with Crippen molar-refractivity contribution in [1.82, 2.24) is 0 Å². The minimum atomic E-state index is -1.02. The molecule has 0 amide bonds. The number of carboxylic acid groups (broad SMARTS) is 1. The van der Waals surface area contributed by atoms with Gasteiger partial charge < -0.3 is 20.4 Å². The van der Waals surface area contributed by atoms with Gasteiger partial charge in [0.15, 0.2) is 0 Å². The third kappa shape index (κ3) is 6.32. The number of rotatable bonds is 6. The SMILES string of the molecule is CC(C)C[C@H]([NH-])C(=O)O.O=[C-]OCC1c2ccccc2-c2ccccc21.[Ho]. The second-order valence-electron chi connectivity index (χ2n) is 6.64. The number of carbonyl (C=O) groups is 1. The standard InChI is InChI=1S/C15H11O2.C6H12NO2.Ho/c16-10-17-9-15-13-7-3-1-5-11(13)12-6-2-4-8-14(12)15;1-4(2)3-5(7)6(8)9;/h1-8,15H,9H2;4-5,7H,3H2,1-2H3,(H,8,9);/q2*-1;/t;5-;/m.0./s1. The fraction of sp³-hybridized carbons (Fsp3) is 0.333. The van der Waals surface area contributed by atoms with Gasteiger partial charge in [-0.1, -0.05) is 75.3 Å². The van der Waals surface area contributed by atoms with Crippen LogP contribution in [0.4, 0.5) is 0 Å². The second-order valence-corrected chi connectivity index (χ2v) is 6.64. The topological polar surface area (TPSA) is 87.4 Å². The summed E-state index contributed by atoms with van der Waals surface area (Å²) >= 11 is 0. The van der Waals surface area contributed by atoms with Crippen molar-refractivity contribution in [2.75, 3.05) is 6.61 Å². The predicted octanol–water partition coefficient (Wildman–Crippen LogP) is 4.42. The summed E-state index contributed by atoms with van der Waals surface area (Å²) in [5.41, 5.74) is 11.9. The first-order valence-electron chi connectivity index (χ1n) is 8.56. The van der Waals surface area contributed by atoms with E-state index >= 15 is 0 Å². The van der Waals surface area contributed by atoms with Crippen molar-refractivity contribution >= 4 is 12.4 Å². The van der Waals surface area contributed by atoms with Crippen LogP contribution in [0.3, 0.4) is 0 Å². The Morgan fingerprint density at radius 3 is 1.96 bits per heavy atom. The fourth-order valence-corrected chi connectivity index (χ4v) is 3.13. The first-order chi connectivity index (χ1) is 12.5. The maximum atomic E-state index is 10.2. The van der Waals surface area contributed by atoms with Gasteiger partial charge in [0.1, 0.15) is 0 Å². The quantitative estimate of drug-likeness (QED) is 0.453. The van der Waals surface area contributed by atoms with E-state index in [4.69, 9.17) is 15.6 Å². The molecule has 2 aromatic carbocycles. The Morgan fingerprint density at radius 2 is 1.59 bits per heavy atom. The molecule has 1 radical (unpaired) electrons. The van der Waals surface area contributed by atoms with Gasteiger partial charge in [0.25, 0.3) is 5.97 Å². The molecule has 0 aromatic heterocycles. The molecule has 149 valence electrons. The number of nitrogens with one attached hydrogen (secondary N) is 1.